The number of ether oxygens (including phenoxy) is 3. The summed E-state index contributed by atoms with van der Waals surface area (Å²) in [5.74, 6) is -1.26. The smallest absolute Gasteiger partial charge is 0.255 e. The van der Waals surface area contributed by atoms with E-state index >= 15 is 0 Å². The van der Waals surface area contributed by atoms with Crippen LogP contribution in [0.25, 0.3) is 6.08 Å². The molecule has 7 heteroatoms. The molecule has 0 saturated carbocycles. The molecule has 1 N–H and O–H groups in total. The van der Waals surface area contributed by atoms with E-state index in [2.05, 4.69) is 5.32 Å². The number of amides is 1. The molecule has 25 heavy (non-hydrogen) atoms. The highest BCUT2D eigenvalue weighted by atomic mass is 19.2. The van der Waals surface area contributed by atoms with Crippen LogP contribution in [-0.2, 0) is 0 Å². The summed E-state index contributed by atoms with van der Waals surface area (Å²) < 4.78 is 41.6. The van der Waals surface area contributed by atoms with Gasteiger partial charge in [-0.1, -0.05) is 6.07 Å². The molecule has 0 atom stereocenters. The van der Waals surface area contributed by atoms with E-state index in [1.165, 1.54) is 51.8 Å². The Hall–Kier alpha value is -3.09. The number of hydrogen-bond donors (Lipinski definition) is 1. The van der Waals surface area contributed by atoms with Crippen molar-refractivity contribution in [3.05, 3.63) is 59.3 Å². The van der Waals surface area contributed by atoms with E-state index in [-0.39, 0.29) is 5.56 Å². The van der Waals surface area contributed by atoms with Crippen LogP contribution in [0.1, 0.15) is 15.9 Å². The molecule has 0 aliphatic rings. The van der Waals surface area contributed by atoms with Crippen molar-refractivity contribution in [3.8, 4) is 17.2 Å². The van der Waals surface area contributed by atoms with Crippen LogP contribution in [0.2, 0.25) is 0 Å². The molecule has 0 spiro atoms. The molecule has 0 radical (unpaired) electrons. The van der Waals surface area contributed by atoms with Gasteiger partial charge in [0.05, 0.1) is 21.3 Å². The van der Waals surface area contributed by atoms with E-state index in [9.17, 15) is 13.6 Å². The highest BCUT2D eigenvalue weighted by molar-refractivity contribution is 5.96. The molecule has 0 fully saturated rings. The van der Waals surface area contributed by atoms with Gasteiger partial charge in [-0.3, -0.25) is 4.79 Å². The molecule has 0 unspecified atom stereocenters. The number of carbonyl (C=O) groups is 1. The van der Waals surface area contributed by atoms with Gasteiger partial charge in [0, 0.05) is 11.8 Å². The molecule has 1 amide bonds. The third kappa shape index (κ3) is 4.26. The molecule has 2 aromatic rings. The fourth-order valence-corrected chi connectivity index (χ4v) is 2.13. The lowest BCUT2D eigenvalue weighted by molar-refractivity contribution is 0.0969. The summed E-state index contributed by atoms with van der Waals surface area (Å²) in [6.07, 6.45) is 2.77. The highest BCUT2D eigenvalue weighted by Gasteiger charge is 2.16. The average molecular weight is 349 g/mol. The quantitative estimate of drug-likeness (QED) is 0.869. The summed E-state index contributed by atoms with van der Waals surface area (Å²) in [7, 11) is 4.36. The van der Waals surface area contributed by atoms with Crippen LogP contribution in [0.4, 0.5) is 8.78 Å². The van der Waals surface area contributed by atoms with Gasteiger partial charge in [0.1, 0.15) is 0 Å². The van der Waals surface area contributed by atoms with E-state index < -0.39 is 17.5 Å². The van der Waals surface area contributed by atoms with Crippen LogP contribution in [0, 0.1) is 11.6 Å². The Labute approximate surface area is 143 Å². The van der Waals surface area contributed by atoms with Gasteiger partial charge < -0.3 is 19.5 Å². The fraction of sp³-hybridized carbons (Fsp3) is 0.167. The molecule has 0 heterocycles. The highest BCUT2D eigenvalue weighted by Crippen LogP contribution is 2.38. The van der Waals surface area contributed by atoms with Gasteiger partial charge in [-0.05, 0) is 35.9 Å². The van der Waals surface area contributed by atoms with Gasteiger partial charge in [-0.25, -0.2) is 8.78 Å². The van der Waals surface area contributed by atoms with E-state index in [4.69, 9.17) is 14.2 Å². The molecular weight excluding hydrogens is 332 g/mol. The standard InChI is InChI=1S/C18H17F2NO4/c1-23-15-9-12(10-16(24-2)17(15)25-3)18(22)21-7-6-11-4-5-13(19)14(20)8-11/h4-10H,1-3H3,(H,21,22)/b7-6+. The summed E-state index contributed by atoms with van der Waals surface area (Å²) in [5, 5.41) is 2.53. The predicted octanol–water partition coefficient (Wildman–Crippen LogP) is 3.39. The topological polar surface area (TPSA) is 56.8 Å². The largest absolute Gasteiger partial charge is 0.493 e. The first-order valence-corrected chi connectivity index (χ1v) is 7.22. The van der Waals surface area contributed by atoms with Crippen LogP contribution >= 0.6 is 0 Å². The molecule has 0 saturated heterocycles. The molecule has 0 aliphatic carbocycles. The second-order valence-corrected chi connectivity index (χ2v) is 4.89. The number of methoxy groups -OCH3 is 3. The van der Waals surface area contributed by atoms with Crippen LogP contribution < -0.4 is 19.5 Å². The van der Waals surface area contributed by atoms with Gasteiger partial charge >= 0.3 is 0 Å². The Morgan fingerprint density at radius 2 is 1.60 bits per heavy atom. The zero-order chi connectivity index (χ0) is 18.4. The van der Waals surface area contributed by atoms with Crippen molar-refractivity contribution in [2.45, 2.75) is 0 Å². The van der Waals surface area contributed by atoms with Gasteiger partial charge in [0.15, 0.2) is 23.1 Å². The van der Waals surface area contributed by atoms with E-state index in [1.54, 1.807) is 0 Å². The second kappa shape index (κ2) is 8.14. The van der Waals surface area contributed by atoms with Crippen molar-refractivity contribution in [1.29, 1.82) is 0 Å². The van der Waals surface area contributed by atoms with Crippen molar-refractivity contribution >= 4 is 12.0 Å². The average Bonchev–Trinajstić information content (AvgIpc) is 2.63. The van der Waals surface area contributed by atoms with Crippen LogP contribution in [0.3, 0.4) is 0 Å². The van der Waals surface area contributed by atoms with Crippen molar-refractivity contribution in [3.63, 3.8) is 0 Å². The Balaban J connectivity index is 2.17. The van der Waals surface area contributed by atoms with Gasteiger partial charge in [-0.15, -0.1) is 0 Å². The summed E-state index contributed by atoms with van der Waals surface area (Å²) in [5.41, 5.74) is 0.688. The number of rotatable bonds is 6. The number of nitrogens with one attached hydrogen (secondary N) is 1. The number of hydrogen-bond acceptors (Lipinski definition) is 4. The zero-order valence-corrected chi connectivity index (χ0v) is 13.9. The Bertz CT molecular complexity index is 781. The maximum absolute atomic E-state index is 13.1. The lowest BCUT2D eigenvalue weighted by atomic mass is 10.1. The number of benzene rings is 2. The maximum Gasteiger partial charge on any atom is 0.255 e. The fourth-order valence-electron chi connectivity index (χ4n) is 2.13. The van der Waals surface area contributed by atoms with Crippen LogP contribution in [0.5, 0.6) is 17.2 Å². The number of halogens is 2. The molecule has 0 aliphatic heterocycles. The predicted molar refractivity (Wildman–Crippen MR) is 89.0 cm³/mol. The third-order valence-corrected chi connectivity index (χ3v) is 3.36. The lowest BCUT2D eigenvalue weighted by Gasteiger charge is -2.13. The van der Waals surface area contributed by atoms with Crippen LogP contribution in [0.15, 0.2) is 36.5 Å². The Kier molecular flexibility index (Phi) is 5.94. The zero-order valence-electron chi connectivity index (χ0n) is 13.9. The minimum Gasteiger partial charge on any atom is -0.493 e. The third-order valence-electron chi connectivity index (χ3n) is 3.36. The summed E-state index contributed by atoms with van der Waals surface area (Å²) >= 11 is 0. The normalized spacial score (nSPS) is 10.6. The maximum atomic E-state index is 13.1. The summed E-state index contributed by atoms with van der Waals surface area (Å²) in [6.45, 7) is 0. The first-order valence-electron chi connectivity index (χ1n) is 7.22. The van der Waals surface area contributed by atoms with E-state index in [0.29, 0.717) is 22.8 Å². The Morgan fingerprint density at radius 3 is 2.12 bits per heavy atom. The van der Waals surface area contributed by atoms with Crippen LogP contribution in [-0.4, -0.2) is 27.2 Å². The molecule has 5 nitrogen and oxygen atoms in total. The van der Waals surface area contributed by atoms with E-state index in [0.717, 1.165) is 12.1 Å². The lowest BCUT2D eigenvalue weighted by Crippen LogP contribution is -2.17. The summed E-state index contributed by atoms with van der Waals surface area (Å²) in [4.78, 5) is 12.2. The first-order chi connectivity index (χ1) is 12.0. The Morgan fingerprint density at radius 1 is 0.960 bits per heavy atom. The molecule has 0 bridgehead atoms. The van der Waals surface area contributed by atoms with Crippen molar-refractivity contribution in [2.24, 2.45) is 0 Å². The van der Waals surface area contributed by atoms with Gasteiger partial charge in [0.25, 0.3) is 5.91 Å². The second-order valence-electron chi connectivity index (χ2n) is 4.89. The molecule has 2 rings (SSSR count). The number of carbonyl (C=O) groups excluding carboxylic acids is 1. The van der Waals surface area contributed by atoms with Crippen molar-refractivity contribution in [1.82, 2.24) is 5.32 Å². The van der Waals surface area contributed by atoms with Crippen molar-refractivity contribution in [2.75, 3.05) is 21.3 Å². The van der Waals surface area contributed by atoms with Crippen molar-refractivity contribution < 1.29 is 27.8 Å². The minimum atomic E-state index is -0.960. The minimum absolute atomic E-state index is 0.282. The summed E-state index contributed by atoms with van der Waals surface area (Å²) in [6, 6.07) is 6.43. The monoisotopic (exact) mass is 349 g/mol. The molecule has 0 aromatic heterocycles. The van der Waals surface area contributed by atoms with E-state index in [1.807, 2.05) is 0 Å². The SMILES string of the molecule is COc1cc(C(=O)N/C=C/c2ccc(F)c(F)c2)cc(OC)c1OC. The molecule has 2 aromatic carbocycles. The first kappa shape index (κ1) is 18.3. The van der Waals surface area contributed by atoms with Gasteiger partial charge in [-0.2, -0.15) is 0 Å². The molecule has 132 valence electrons. The van der Waals surface area contributed by atoms with Gasteiger partial charge in [0.2, 0.25) is 5.75 Å². The molecular formula is C18H17F2NO4.